The summed E-state index contributed by atoms with van der Waals surface area (Å²) in [6, 6.07) is 7.62. The number of hydrogen-bond donors (Lipinski definition) is 2. The van der Waals surface area contributed by atoms with Gasteiger partial charge in [0.2, 0.25) is 0 Å². The van der Waals surface area contributed by atoms with Crippen LogP contribution >= 0.6 is 11.3 Å². The summed E-state index contributed by atoms with van der Waals surface area (Å²) in [7, 11) is 0. The molecular formula is C16H16N2O4S. The number of aliphatic carboxylic acids is 1. The van der Waals surface area contributed by atoms with Crippen molar-refractivity contribution in [2.24, 2.45) is 11.3 Å². The van der Waals surface area contributed by atoms with Gasteiger partial charge in [-0.2, -0.15) is 0 Å². The predicted octanol–water partition coefficient (Wildman–Crippen LogP) is 2.47. The summed E-state index contributed by atoms with van der Waals surface area (Å²) in [6.07, 6.45) is 0. The number of carboxylic acids is 1. The molecule has 2 N–H and O–H groups in total. The van der Waals surface area contributed by atoms with E-state index in [9.17, 15) is 14.7 Å². The van der Waals surface area contributed by atoms with Gasteiger partial charge in [-0.05, 0) is 6.07 Å². The largest absolute Gasteiger partial charge is 0.481 e. The zero-order chi connectivity index (χ0) is 16.0. The minimum absolute atomic E-state index is 0.134. The Kier molecular flexibility index (Phi) is 3.28. The third-order valence-corrected chi connectivity index (χ3v) is 5.77. The van der Waals surface area contributed by atoms with Crippen molar-refractivity contribution >= 4 is 39.1 Å². The fourth-order valence-electron chi connectivity index (χ4n) is 3.46. The number of anilines is 1. The number of carbonyl (C=O) groups is 2. The summed E-state index contributed by atoms with van der Waals surface area (Å²) < 4.78 is 6.44. The topological polar surface area (TPSA) is 78.9 Å². The fourth-order valence-corrected chi connectivity index (χ4v) is 4.35. The molecule has 2 aliphatic rings. The summed E-state index contributed by atoms with van der Waals surface area (Å²) in [5, 5.41) is 15.4. The second-order valence-corrected chi connectivity index (χ2v) is 7.04. The highest BCUT2D eigenvalue weighted by Gasteiger charge is 2.57. The number of carbonyl (C=O) groups excluding carboxylic acids is 1. The van der Waals surface area contributed by atoms with E-state index in [1.165, 1.54) is 0 Å². The second-order valence-electron chi connectivity index (χ2n) is 6.13. The SMILES string of the molecule is O=C(Nc1csc2ccccc12)N1C[C@@H]2COC[C@]2(C(=O)O)C1. The highest BCUT2D eigenvalue weighted by Crippen LogP contribution is 2.42. The number of rotatable bonds is 2. The Morgan fingerprint density at radius 3 is 3.00 bits per heavy atom. The predicted molar refractivity (Wildman–Crippen MR) is 86.8 cm³/mol. The van der Waals surface area contributed by atoms with Crippen LogP contribution in [0.2, 0.25) is 0 Å². The summed E-state index contributed by atoms with van der Waals surface area (Å²) >= 11 is 1.57. The lowest BCUT2D eigenvalue weighted by Crippen LogP contribution is -2.41. The zero-order valence-corrected chi connectivity index (χ0v) is 13.1. The van der Waals surface area contributed by atoms with Crippen LogP contribution in [0.5, 0.6) is 0 Å². The molecule has 0 unspecified atom stereocenters. The van der Waals surface area contributed by atoms with E-state index in [1.807, 2.05) is 29.6 Å². The van der Waals surface area contributed by atoms with Gasteiger partial charge >= 0.3 is 12.0 Å². The summed E-state index contributed by atoms with van der Waals surface area (Å²) in [6.45, 7) is 1.19. The van der Waals surface area contributed by atoms with Crippen LogP contribution in [0.4, 0.5) is 10.5 Å². The van der Waals surface area contributed by atoms with Crippen molar-refractivity contribution in [3.63, 3.8) is 0 Å². The minimum atomic E-state index is -0.950. The number of ether oxygens (including phenoxy) is 1. The average molecular weight is 332 g/mol. The van der Waals surface area contributed by atoms with E-state index in [2.05, 4.69) is 5.32 Å². The normalized spacial score (nSPS) is 26.4. The van der Waals surface area contributed by atoms with Gasteiger partial charge in [-0.25, -0.2) is 4.79 Å². The van der Waals surface area contributed by atoms with Gasteiger partial charge < -0.3 is 20.1 Å². The molecule has 0 bridgehead atoms. The second kappa shape index (κ2) is 5.21. The summed E-state index contributed by atoms with van der Waals surface area (Å²) in [5.74, 6) is -1.01. The molecule has 2 saturated heterocycles. The molecule has 0 spiro atoms. The molecule has 2 fully saturated rings. The van der Waals surface area contributed by atoms with Gasteiger partial charge in [0.05, 0.1) is 18.9 Å². The zero-order valence-electron chi connectivity index (χ0n) is 12.3. The third kappa shape index (κ3) is 2.19. The molecule has 7 heteroatoms. The fraction of sp³-hybridized carbons (Fsp3) is 0.375. The van der Waals surface area contributed by atoms with Gasteiger partial charge in [0.15, 0.2) is 0 Å². The molecule has 2 amide bonds. The molecule has 120 valence electrons. The molecule has 1 aromatic heterocycles. The lowest BCUT2D eigenvalue weighted by atomic mass is 9.81. The highest BCUT2D eigenvalue weighted by molar-refractivity contribution is 7.17. The van der Waals surface area contributed by atoms with Crippen molar-refractivity contribution in [1.82, 2.24) is 4.90 Å². The molecule has 3 heterocycles. The van der Waals surface area contributed by atoms with E-state index in [0.29, 0.717) is 13.2 Å². The average Bonchev–Trinajstić information content (AvgIpc) is 3.19. The van der Waals surface area contributed by atoms with E-state index >= 15 is 0 Å². The maximum absolute atomic E-state index is 12.5. The van der Waals surface area contributed by atoms with Crippen LogP contribution < -0.4 is 5.32 Å². The van der Waals surface area contributed by atoms with Crippen molar-refractivity contribution in [2.45, 2.75) is 0 Å². The number of benzene rings is 1. The first kappa shape index (κ1) is 14.5. The van der Waals surface area contributed by atoms with Crippen molar-refractivity contribution < 1.29 is 19.4 Å². The number of hydrogen-bond acceptors (Lipinski definition) is 4. The Balaban J connectivity index is 1.53. The van der Waals surface area contributed by atoms with Crippen LogP contribution in [0.25, 0.3) is 10.1 Å². The van der Waals surface area contributed by atoms with Crippen LogP contribution in [0.1, 0.15) is 0 Å². The van der Waals surface area contributed by atoms with E-state index in [-0.39, 0.29) is 25.1 Å². The Morgan fingerprint density at radius 1 is 1.39 bits per heavy atom. The Hall–Kier alpha value is -2.12. The quantitative estimate of drug-likeness (QED) is 0.885. The number of nitrogens with one attached hydrogen (secondary N) is 1. The molecule has 0 aliphatic carbocycles. The lowest BCUT2D eigenvalue weighted by molar-refractivity contribution is -0.149. The molecule has 0 radical (unpaired) electrons. The maximum atomic E-state index is 12.5. The van der Waals surface area contributed by atoms with E-state index in [0.717, 1.165) is 15.8 Å². The molecule has 6 nitrogen and oxygen atoms in total. The van der Waals surface area contributed by atoms with Crippen molar-refractivity contribution in [2.75, 3.05) is 31.6 Å². The first-order valence-electron chi connectivity index (χ1n) is 7.43. The molecule has 4 rings (SSSR count). The Labute approximate surface area is 136 Å². The van der Waals surface area contributed by atoms with Gasteiger partial charge in [-0.3, -0.25) is 4.79 Å². The van der Waals surface area contributed by atoms with Crippen LogP contribution in [-0.4, -0.2) is 48.3 Å². The molecular weight excluding hydrogens is 316 g/mol. The van der Waals surface area contributed by atoms with Crippen molar-refractivity contribution in [1.29, 1.82) is 0 Å². The van der Waals surface area contributed by atoms with Crippen molar-refractivity contribution in [3.8, 4) is 0 Å². The molecule has 2 aliphatic heterocycles. The number of carboxylic acid groups (broad SMARTS) is 1. The number of likely N-dealkylation sites (tertiary alicyclic amines) is 1. The van der Waals surface area contributed by atoms with Crippen LogP contribution in [0.15, 0.2) is 29.6 Å². The van der Waals surface area contributed by atoms with Crippen LogP contribution in [0.3, 0.4) is 0 Å². The molecule has 1 aromatic carbocycles. The summed E-state index contributed by atoms with van der Waals surface area (Å²) in [4.78, 5) is 25.8. The van der Waals surface area contributed by atoms with Crippen molar-refractivity contribution in [3.05, 3.63) is 29.6 Å². The Bertz CT molecular complexity index is 789. The number of urea groups is 1. The standard InChI is InChI=1S/C16H16N2O4S/c19-14(20)16-8-18(5-10(16)6-22-9-16)15(21)17-12-7-23-13-4-2-1-3-11(12)13/h1-4,7,10H,5-6,8-9H2,(H,17,21)(H,19,20)/t10-,16-/m1/s1. The monoisotopic (exact) mass is 332 g/mol. The van der Waals surface area contributed by atoms with E-state index < -0.39 is 11.4 Å². The number of amides is 2. The van der Waals surface area contributed by atoms with Crippen LogP contribution in [0, 0.1) is 11.3 Å². The van der Waals surface area contributed by atoms with Gasteiger partial charge in [0.1, 0.15) is 5.41 Å². The van der Waals surface area contributed by atoms with Gasteiger partial charge in [0, 0.05) is 34.5 Å². The molecule has 0 saturated carbocycles. The van der Waals surface area contributed by atoms with E-state index in [1.54, 1.807) is 16.2 Å². The van der Waals surface area contributed by atoms with Gasteiger partial charge in [-0.15, -0.1) is 11.3 Å². The van der Waals surface area contributed by atoms with Gasteiger partial charge in [0.25, 0.3) is 0 Å². The molecule has 23 heavy (non-hydrogen) atoms. The first-order chi connectivity index (χ1) is 11.1. The summed E-state index contributed by atoms with van der Waals surface area (Å²) in [5.41, 5.74) is -0.179. The van der Waals surface area contributed by atoms with Crippen LogP contribution in [-0.2, 0) is 9.53 Å². The lowest BCUT2D eigenvalue weighted by Gasteiger charge is -2.22. The third-order valence-electron chi connectivity index (χ3n) is 4.81. The molecule has 2 aromatic rings. The highest BCUT2D eigenvalue weighted by atomic mass is 32.1. The number of thiophene rings is 1. The molecule has 2 atom stereocenters. The minimum Gasteiger partial charge on any atom is -0.481 e. The first-order valence-corrected chi connectivity index (χ1v) is 8.31. The number of fused-ring (bicyclic) bond motifs is 2. The van der Waals surface area contributed by atoms with E-state index in [4.69, 9.17) is 4.74 Å². The maximum Gasteiger partial charge on any atom is 0.321 e. The smallest absolute Gasteiger partial charge is 0.321 e. The number of nitrogens with zero attached hydrogens (tertiary/aromatic N) is 1. The Morgan fingerprint density at radius 2 is 2.22 bits per heavy atom. The van der Waals surface area contributed by atoms with Gasteiger partial charge in [-0.1, -0.05) is 18.2 Å².